The predicted octanol–water partition coefficient (Wildman–Crippen LogP) is 2.46. The molecule has 0 aromatic heterocycles. The molecule has 5 aliphatic carbocycles. The second-order valence-corrected chi connectivity index (χ2v) is 18.4. The van der Waals surface area contributed by atoms with Crippen LogP contribution in [0.4, 0.5) is 0 Å². The van der Waals surface area contributed by atoms with Crippen LogP contribution >= 0.6 is 0 Å². The van der Waals surface area contributed by atoms with Crippen molar-refractivity contribution in [2.45, 2.75) is 160 Å². The lowest BCUT2D eigenvalue weighted by molar-refractivity contribution is -0.346. The van der Waals surface area contributed by atoms with Gasteiger partial charge in [-0.2, -0.15) is 0 Å². The number of hydrogen-bond acceptors (Lipinski definition) is 10. The van der Waals surface area contributed by atoms with Crippen LogP contribution in [0.3, 0.4) is 0 Å². The minimum atomic E-state index is -1.29. The second-order valence-electron chi connectivity index (χ2n) is 18.4. The van der Waals surface area contributed by atoms with E-state index in [-0.39, 0.29) is 63.8 Å². The summed E-state index contributed by atoms with van der Waals surface area (Å²) in [5.41, 5.74) is -1.03. The number of fused-ring (bicyclic) bond motifs is 6. The van der Waals surface area contributed by atoms with E-state index in [4.69, 9.17) is 23.7 Å². The largest absolute Gasteiger partial charge is 0.393 e. The zero-order chi connectivity index (χ0) is 31.9. The third kappa shape index (κ3) is 3.37. The standard InChI is InChI=1S/C35H54O10/c1-16-11-35(27-32(6,44-27)28(40)45-35)43-18-12-30(4)20-8-7-19-29(2,3)22(42-26-25(39)24(38)17(36)14-41-26)9-10-33(19)15-34(20,33)13-21(37)31(30,5)23(16)18/h16-28,36-40H,7-15H2,1-6H3/t16-,17-,18+,19+,20+,21-,22+,23+,24+,25-,26+,27-,28?,30+,31-,32+,33-,34+,35-/m1/s1. The van der Waals surface area contributed by atoms with Crippen molar-refractivity contribution in [3.8, 4) is 0 Å². The second kappa shape index (κ2) is 8.84. The van der Waals surface area contributed by atoms with Gasteiger partial charge in [0.1, 0.15) is 30.0 Å². The van der Waals surface area contributed by atoms with Crippen LogP contribution in [-0.2, 0) is 23.7 Å². The molecule has 4 saturated heterocycles. The van der Waals surface area contributed by atoms with Crippen molar-refractivity contribution in [1.29, 1.82) is 0 Å². The first-order chi connectivity index (χ1) is 21.0. The zero-order valence-electron chi connectivity index (χ0n) is 27.6. The molecule has 19 atom stereocenters. The summed E-state index contributed by atoms with van der Waals surface area (Å²) < 4.78 is 31.2. The van der Waals surface area contributed by atoms with Gasteiger partial charge in [0.05, 0.1) is 24.9 Å². The Morgan fingerprint density at radius 2 is 1.51 bits per heavy atom. The van der Waals surface area contributed by atoms with Crippen molar-refractivity contribution >= 4 is 0 Å². The monoisotopic (exact) mass is 634 g/mol. The van der Waals surface area contributed by atoms with E-state index < -0.39 is 48.4 Å². The predicted molar refractivity (Wildman–Crippen MR) is 158 cm³/mol. The molecule has 9 aliphatic rings. The fourth-order valence-electron chi connectivity index (χ4n) is 14.3. The molecule has 0 aromatic rings. The SMILES string of the molecule is C[C@@H]1C[C@]2(OC(O)[C@@]3(C)O[C@@H]23)O[C@H]2C[C@@]3(C)[C@@H]4CC[C@H]5C(C)(C)[C@@H](O[C@@H]6OC[C@@H](O)[C@H](O)[C@H]6O)CC[C@@]56C[C@@]46C[C@@H](O)[C@]3(C)[C@@H]12. The van der Waals surface area contributed by atoms with Crippen LogP contribution in [0, 0.1) is 50.7 Å². The number of hydrogen-bond donors (Lipinski definition) is 5. The summed E-state index contributed by atoms with van der Waals surface area (Å²) in [6.07, 6.45) is 1.04. The molecule has 4 heterocycles. The van der Waals surface area contributed by atoms with Crippen molar-refractivity contribution in [2.24, 2.45) is 50.7 Å². The Balaban J connectivity index is 0.995. The molecule has 0 radical (unpaired) electrons. The fourth-order valence-corrected chi connectivity index (χ4v) is 14.3. The van der Waals surface area contributed by atoms with Gasteiger partial charge in [0.25, 0.3) is 0 Å². The lowest BCUT2D eigenvalue weighted by atomic mass is 9.41. The average Bonchev–Trinajstić information content (AvgIpc) is 3.80. The first-order valence-electron chi connectivity index (χ1n) is 17.7. The first kappa shape index (κ1) is 30.6. The molecule has 45 heavy (non-hydrogen) atoms. The lowest BCUT2D eigenvalue weighted by Crippen LogP contribution is -2.63. The summed E-state index contributed by atoms with van der Waals surface area (Å²) in [5.74, 6) is 0.443. The van der Waals surface area contributed by atoms with Gasteiger partial charge in [-0.3, -0.25) is 0 Å². The highest BCUT2D eigenvalue weighted by atomic mass is 16.8. The minimum absolute atomic E-state index is 0.0592. The molecule has 4 aliphatic heterocycles. The van der Waals surface area contributed by atoms with Crippen molar-refractivity contribution in [1.82, 2.24) is 0 Å². The summed E-state index contributed by atoms with van der Waals surface area (Å²) in [7, 11) is 0. The molecule has 5 N–H and O–H groups in total. The maximum Gasteiger partial charge on any atom is 0.201 e. The summed E-state index contributed by atoms with van der Waals surface area (Å²) in [6.45, 7) is 13.5. The number of aliphatic hydroxyl groups excluding tert-OH is 5. The summed E-state index contributed by atoms with van der Waals surface area (Å²) >= 11 is 0. The maximum absolute atomic E-state index is 12.4. The van der Waals surface area contributed by atoms with Gasteiger partial charge in [-0.05, 0) is 97.2 Å². The van der Waals surface area contributed by atoms with Crippen LogP contribution in [0.1, 0.15) is 92.9 Å². The number of ether oxygens (including phenoxy) is 5. The van der Waals surface area contributed by atoms with Gasteiger partial charge in [0, 0.05) is 11.8 Å². The third-order valence-electron chi connectivity index (χ3n) is 16.5. The van der Waals surface area contributed by atoms with Crippen molar-refractivity contribution in [3.63, 3.8) is 0 Å². The van der Waals surface area contributed by atoms with E-state index in [9.17, 15) is 25.5 Å². The fraction of sp³-hybridized carbons (Fsp3) is 1.00. The third-order valence-corrected chi connectivity index (χ3v) is 16.5. The normalized spacial score (nSPS) is 66.9. The molecule has 1 unspecified atom stereocenters. The molecule has 254 valence electrons. The molecule has 0 aromatic carbocycles. The van der Waals surface area contributed by atoms with Gasteiger partial charge in [-0.25, -0.2) is 0 Å². The van der Waals surface area contributed by atoms with E-state index in [1.54, 1.807) is 0 Å². The van der Waals surface area contributed by atoms with E-state index in [0.29, 0.717) is 18.3 Å². The van der Waals surface area contributed by atoms with Gasteiger partial charge in [0.2, 0.25) is 5.79 Å². The van der Waals surface area contributed by atoms with E-state index in [1.807, 2.05) is 6.92 Å². The Kier molecular flexibility index (Phi) is 6.02. The Morgan fingerprint density at radius 3 is 2.20 bits per heavy atom. The zero-order valence-corrected chi connectivity index (χ0v) is 27.6. The Labute approximate surface area is 266 Å². The number of aliphatic hydroxyl groups is 5. The molecule has 0 bridgehead atoms. The van der Waals surface area contributed by atoms with Gasteiger partial charge < -0.3 is 49.2 Å². The molecular weight excluding hydrogens is 580 g/mol. The van der Waals surface area contributed by atoms with Gasteiger partial charge in [-0.1, -0.05) is 34.6 Å². The van der Waals surface area contributed by atoms with Crippen LogP contribution < -0.4 is 0 Å². The van der Waals surface area contributed by atoms with E-state index >= 15 is 0 Å². The Hall–Kier alpha value is -0.400. The number of epoxide rings is 1. The minimum Gasteiger partial charge on any atom is -0.393 e. The van der Waals surface area contributed by atoms with Crippen LogP contribution in [0.25, 0.3) is 0 Å². The highest BCUT2D eigenvalue weighted by Gasteiger charge is 2.86. The molecule has 9 fully saturated rings. The maximum atomic E-state index is 12.4. The molecule has 9 rings (SSSR count). The van der Waals surface area contributed by atoms with Crippen LogP contribution in [0.5, 0.6) is 0 Å². The van der Waals surface area contributed by atoms with Gasteiger partial charge in [0.15, 0.2) is 12.6 Å². The summed E-state index contributed by atoms with van der Waals surface area (Å²) in [5, 5.41) is 53.9. The molecule has 10 heteroatoms. The molecule has 10 nitrogen and oxygen atoms in total. The quantitative estimate of drug-likeness (QED) is 0.226. The molecular formula is C35H54O10. The molecule has 3 spiro atoms. The van der Waals surface area contributed by atoms with E-state index in [1.165, 1.54) is 0 Å². The highest BCUT2D eigenvalue weighted by molar-refractivity contribution is 5.33. The first-order valence-corrected chi connectivity index (χ1v) is 17.7. The average molecular weight is 635 g/mol. The van der Waals surface area contributed by atoms with Gasteiger partial charge in [-0.15, -0.1) is 0 Å². The molecule has 5 saturated carbocycles. The summed E-state index contributed by atoms with van der Waals surface area (Å²) in [6, 6.07) is 0. The van der Waals surface area contributed by atoms with Crippen molar-refractivity contribution in [3.05, 3.63) is 0 Å². The van der Waals surface area contributed by atoms with E-state index in [0.717, 1.165) is 44.9 Å². The van der Waals surface area contributed by atoms with E-state index in [2.05, 4.69) is 34.6 Å². The lowest BCUT2D eigenvalue weighted by Gasteiger charge is -2.65. The topological polar surface area (TPSA) is 151 Å². The van der Waals surface area contributed by atoms with Crippen LogP contribution in [0.2, 0.25) is 0 Å². The van der Waals surface area contributed by atoms with Gasteiger partial charge >= 0.3 is 0 Å². The summed E-state index contributed by atoms with van der Waals surface area (Å²) in [4.78, 5) is 0. The molecule has 0 amide bonds. The number of rotatable bonds is 2. The smallest absolute Gasteiger partial charge is 0.201 e. The van der Waals surface area contributed by atoms with Crippen LogP contribution in [0.15, 0.2) is 0 Å². The van der Waals surface area contributed by atoms with Crippen LogP contribution in [-0.4, -0.2) is 98.8 Å². The Bertz CT molecular complexity index is 1280. The van der Waals surface area contributed by atoms with Crippen molar-refractivity contribution < 1.29 is 49.2 Å². The highest BCUT2D eigenvalue weighted by Crippen LogP contribution is 2.89. The van der Waals surface area contributed by atoms with Crippen molar-refractivity contribution in [2.75, 3.05) is 6.61 Å². The Morgan fingerprint density at radius 1 is 0.778 bits per heavy atom.